The molecule has 0 unspecified atom stereocenters. The number of carbonyl (C=O) groups is 2. The summed E-state index contributed by atoms with van der Waals surface area (Å²) in [6.45, 7) is 2.54. The van der Waals surface area contributed by atoms with E-state index in [4.69, 9.17) is 10.8 Å². The van der Waals surface area contributed by atoms with E-state index in [0.717, 1.165) is 18.2 Å². The van der Waals surface area contributed by atoms with Gasteiger partial charge in [0.1, 0.15) is 16.9 Å². The van der Waals surface area contributed by atoms with Gasteiger partial charge in [0, 0.05) is 0 Å². The van der Waals surface area contributed by atoms with E-state index in [0.29, 0.717) is 0 Å². The Hall–Kier alpha value is -2.13. The molecule has 8 nitrogen and oxygen atoms in total. The molecule has 0 fully saturated rings. The maximum Gasteiger partial charge on any atom is 0.339 e. The van der Waals surface area contributed by atoms with E-state index in [1.54, 1.807) is 0 Å². The van der Waals surface area contributed by atoms with Crippen molar-refractivity contribution in [3.05, 3.63) is 23.8 Å². The fourth-order valence-electron chi connectivity index (χ4n) is 1.30. The van der Waals surface area contributed by atoms with Crippen molar-refractivity contribution in [2.45, 2.75) is 24.3 Å². The Morgan fingerprint density at radius 3 is 2.30 bits per heavy atom. The summed E-state index contributed by atoms with van der Waals surface area (Å²) >= 11 is 0. The molecular weight excluding hydrogens is 288 g/mol. The molecule has 1 aromatic rings. The fraction of sp³-hybridized carbons (Fsp3) is 0.273. The van der Waals surface area contributed by atoms with Crippen LogP contribution in [-0.2, 0) is 14.8 Å². The largest absolute Gasteiger partial charge is 0.507 e. The summed E-state index contributed by atoms with van der Waals surface area (Å²) in [5, 5.41) is 18.1. The Labute approximate surface area is 115 Å². The number of carboxylic acids is 1. The third-order valence-corrected chi connectivity index (χ3v) is 4.17. The zero-order valence-corrected chi connectivity index (χ0v) is 11.6. The molecule has 1 amide bonds. The zero-order chi connectivity index (χ0) is 15.7. The fourth-order valence-corrected chi connectivity index (χ4v) is 2.71. The molecule has 0 spiro atoms. The smallest absolute Gasteiger partial charge is 0.339 e. The average molecular weight is 302 g/mol. The minimum atomic E-state index is -4.16. The second kappa shape index (κ2) is 5.10. The molecule has 0 atom stereocenters. The molecule has 9 heteroatoms. The van der Waals surface area contributed by atoms with Gasteiger partial charge in [-0.2, -0.15) is 4.72 Å². The predicted octanol–water partition coefficient (Wildman–Crippen LogP) is -0.367. The van der Waals surface area contributed by atoms with Crippen molar-refractivity contribution >= 4 is 21.9 Å². The normalized spacial score (nSPS) is 12.1. The van der Waals surface area contributed by atoms with Gasteiger partial charge in [-0.15, -0.1) is 0 Å². The number of nitrogens with two attached hydrogens (primary N) is 1. The van der Waals surface area contributed by atoms with Gasteiger partial charge in [-0.3, -0.25) is 4.79 Å². The van der Waals surface area contributed by atoms with Gasteiger partial charge in [-0.1, -0.05) is 0 Å². The number of carboxylic acid groups (broad SMARTS) is 1. The number of aromatic hydroxyl groups is 1. The van der Waals surface area contributed by atoms with Crippen LogP contribution >= 0.6 is 0 Å². The monoisotopic (exact) mass is 302 g/mol. The number of nitrogens with one attached hydrogen (secondary N) is 1. The van der Waals surface area contributed by atoms with Gasteiger partial charge in [0.05, 0.1) is 4.90 Å². The van der Waals surface area contributed by atoms with Crippen LogP contribution in [0.25, 0.3) is 0 Å². The maximum atomic E-state index is 12.0. The molecule has 0 radical (unpaired) electrons. The number of phenols is 1. The van der Waals surface area contributed by atoms with Crippen LogP contribution in [0.4, 0.5) is 0 Å². The van der Waals surface area contributed by atoms with E-state index in [1.165, 1.54) is 13.8 Å². The number of sulfonamides is 1. The van der Waals surface area contributed by atoms with Crippen molar-refractivity contribution in [3.63, 3.8) is 0 Å². The number of hydrogen-bond acceptors (Lipinski definition) is 5. The molecule has 0 aliphatic carbocycles. The molecule has 0 saturated carbocycles. The first kappa shape index (κ1) is 15.9. The van der Waals surface area contributed by atoms with Crippen LogP contribution in [0.15, 0.2) is 23.1 Å². The summed E-state index contributed by atoms with van der Waals surface area (Å²) in [6.07, 6.45) is 0. The zero-order valence-electron chi connectivity index (χ0n) is 10.7. The van der Waals surface area contributed by atoms with Crippen molar-refractivity contribution < 1.29 is 28.2 Å². The minimum Gasteiger partial charge on any atom is -0.507 e. The van der Waals surface area contributed by atoms with Crippen LogP contribution in [-0.4, -0.2) is 36.0 Å². The van der Waals surface area contributed by atoms with E-state index < -0.39 is 43.6 Å². The Balaban J connectivity index is 3.27. The van der Waals surface area contributed by atoms with Crippen molar-refractivity contribution in [2.24, 2.45) is 5.73 Å². The van der Waals surface area contributed by atoms with E-state index >= 15 is 0 Å². The van der Waals surface area contributed by atoms with E-state index in [-0.39, 0.29) is 0 Å². The highest BCUT2D eigenvalue weighted by Crippen LogP contribution is 2.22. The standard InChI is InChI=1S/C11H14N2O6S/c1-11(2,10(12)17)13-20(18,19)6-3-4-8(14)7(5-6)9(15)16/h3-5,13-14H,1-2H3,(H2,12,17)(H,15,16). The number of rotatable bonds is 5. The van der Waals surface area contributed by atoms with Crippen LogP contribution in [0, 0.1) is 0 Å². The highest BCUT2D eigenvalue weighted by molar-refractivity contribution is 7.89. The van der Waals surface area contributed by atoms with Gasteiger partial charge in [0.25, 0.3) is 0 Å². The third kappa shape index (κ3) is 3.25. The highest BCUT2D eigenvalue weighted by atomic mass is 32.2. The van der Waals surface area contributed by atoms with Crippen molar-refractivity contribution in [1.82, 2.24) is 4.72 Å². The first-order valence-corrected chi connectivity index (χ1v) is 6.86. The van der Waals surface area contributed by atoms with Crippen molar-refractivity contribution in [2.75, 3.05) is 0 Å². The summed E-state index contributed by atoms with van der Waals surface area (Å²) < 4.78 is 26.1. The van der Waals surface area contributed by atoms with E-state index in [2.05, 4.69) is 4.72 Å². The van der Waals surface area contributed by atoms with Gasteiger partial charge in [-0.25, -0.2) is 13.2 Å². The molecular formula is C11H14N2O6S. The lowest BCUT2D eigenvalue weighted by Crippen LogP contribution is -2.52. The van der Waals surface area contributed by atoms with Crippen molar-refractivity contribution in [3.8, 4) is 5.75 Å². The molecule has 0 aliphatic rings. The van der Waals surface area contributed by atoms with Crippen LogP contribution in [0.2, 0.25) is 0 Å². The number of aromatic carboxylic acids is 1. The molecule has 20 heavy (non-hydrogen) atoms. The molecule has 0 bridgehead atoms. The topological polar surface area (TPSA) is 147 Å². The average Bonchev–Trinajstić information content (AvgIpc) is 2.27. The summed E-state index contributed by atoms with van der Waals surface area (Å²) in [6, 6.07) is 2.74. The lowest BCUT2D eigenvalue weighted by atomic mass is 10.1. The number of benzene rings is 1. The van der Waals surface area contributed by atoms with Gasteiger partial charge in [0.2, 0.25) is 15.9 Å². The number of primary amides is 1. The molecule has 0 heterocycles. The van der Waals surface area contributed by atoms with E-state index in [1.807, 2.05) is 0 Å². The van der Waals surface area contributed by atoms with Crippen molar-refractivity contribution in [1.29, 1.82) is 0 Å². The quantitative estimate of drug-likeness (QED) is 0.583. The van der Waals surface area contributed by atoms with Gasteiger partial charge in [-0.05, 0) is 32.0 Å². The van der Waals surface area contributed by atoms with Crippen LogP contribution < -0.4 is 10.5 Å². The number of amides is 1. The first-order valence-electron chi connectivity index (χ1n) is 5.37. The molecule has 110 valence electrons. The molecule has 1 rings (SSSR count). The Morgan fingerprint density at radius 2 is 1.85 bits per heavy atom. The first-order chi connectivity index (χ1) is 8.97. The van der Waals surface area contributed by atoms with Crippen LogP contribution in [0.5, 0.6) is 5.75 Å². The summed E-state index contributed by atoms with van der Waals surface area (Å²) in [5.74, 6) is -2.93. The molecule has 0 saturated heterocycles. The lowest BCUT2D eigenvalue weighted by Gasteiger charge is -2.22. The summed E-state index contributed by atoms with van der Waals surface area (Å²) in [5.41, 5.74) is 2.95. The van der Waals surface area contributed by atoms with E-state index in [9.17, 15) is 23.1 Å². The second-order valence-electron chi connectivity index (χ2n) is 4.58. The number of carbonyl (C=O) groups excluding carboxylic acids is 1. The lowest BCUT2D eigenvalue weighted by molar-refractivity contribution is -0.122. The SMILES string of the molecule is CC(C)(NS(=O)(=O)c1ccc(O)c(C(=O)O)c1)C(N)=O. The predicted molar refractivity (Wildman–Crippen MR) is 68.7 cm³/mol. The molecule has 1 aromatic carbocycles. The molecule has 0 aromatic heterocycles. The Morgan fingerprint density at radius 1 is 1.30 bits per heavy atom. The third-order valence-electron chi connectivity index (χ3n) is 2.51. The van der Waals surface area contributed by atoms with Crippen LogP contribution in [0.1, 0.15) is 24.2 Å². The maximum absolute atomic E-state index is 12.0. The van der Waals surface area contributed by atoms with Crippen LogP contribution in [0.3, 0.4) is 0 Å². The second-order valence-corrected chi connectivity index (χ2v) is 6.26. The number of hydrogen-bond donors (Lipinski definition) is 4. The Bertz CT molecular complexity index is 665. The minimum absolute atomic E-state index is 0.401. The van der Waals surface area contributed by atoms with Gasteiger partial charge in [0.15, 0.2) is 0 Å². The molecule has 5 N–H and O–H groups in total. The Kier molecular flexibility index (Phi) is 4.06. The van der Waals surface area contributed by atoms with Gasteiger partial charge < -0.3 is 15.9 Å². The highest BCUT2D eigenvalue weighted by Gasteiger charge is 2.31. The molecule has 0 aliphatic heterocycles. The van der Waals surface area contributed by atoms with Gasteiger partial charge >= 0.3 is 5.97 Å². The summed E-state index contributed by atoms with van der Waals surface area (Å²) in [4.78, 5) is 21.6. The summed E-state index contributed by atoms with van der Waals surface area (Å²) in [7, 11) is -4.16.